The van der Waals surface area contributed by atoms with Crippen molar-refractivity contribution in [3.05, 3.63) is 150 Å². The Morgan fingerprint density at radius 3 is 2.52 bits per heavy atom. The zero-order valence-electron chi connectivity index (χ0n) is 28.4. The highest BCUT2D eigenvalue weighted by molar-refractivity contribution is 6.89. The fraction of sp³-hybridized carbons (Fsp3) is 0.233. The molecule has 5 heteroatoms. The Kier molecular flexibility index (Phi) is 7.41. The third-order valence-corrected chi connectivity index (χ3v) is 12.4. The molecule has 5 heterocycles. The summed E-state index contributed by atoms with van der Waals surface area (Å²) in [6.45, 7) is 18.2. The molecule has 3 aromatic carbocycles. The number of aromatic nitrogens is 2. The van der Waals surface area contributed by atoms with Crippen molar-refractivity contribution in [1.82, 2.24) is 4.98 Å². The minimum Gasteiger partial charge on any atom is -0.437 e. The molecular weight excluding hydrogens is 603 g/mol. The van der Waals surface area contributed by atoms with E-state index in [-0.39, 0.29) is 6.04 Å². The van der Waals surface area contributed by atoms with Crippen LogP contribution in [0.5, 0.6) is 0 Å². The van der Waals surface area contributed by atoms with Gasteiger partial charge in [0, 0.05) is 50.5 Å². The molecule has 0 radical (unpaired) electrons. The van der Waals surface area contributed by atoms with Gasteiger partial charge in [0.25, 0.3) is 0 Å². The van der Waals surface area contributed by atoms with Crippen molar-refractivity contribution in [3.63, 3.8) is 0 Å². The van der Waals surface area contributed by atoms with Gasteiger partial charge < -0.3 is 4.42 Å². The molecule has 0 aliphatic carbocycles. The quantitative estimate of drug-likeness (QED) is 0.142. The number of allylic oxidation sites excluding steroid dienone is 2. The summed E-state index contributed by atoms with van der Waals surface area (Å²) in [7, 11) is -1.70. The highest BCUT2D eigenvalue weighted by atomic mass is 28.3. The van der Waals surface area contributed by atoms with Crippen molar-refractivity contribution >= 4 is 41.0 Å². The summed E-state index contributed by atoms with van der Waals surface area (Å²) in [6.07, 6.45) is 7.97. The summed E-state index contributed by atoms with van der Waals surface area (Å²) in [5.74, 6) is 0.300. The van der Waals surface area contributed by atoms with Crippen LogP contribution in [0.2, 0.25) is 19.6 Å². The lowest BCUT2D eigenvalue weighted by molar-refractivity contribution is -0.717. The molecule has 0 amide bonds. The van der Waals surface area contributed by atoms with Crippen LogP contribution in [0.1, 0.15) is 58.3 Å². The molecular formula is C43H42N3OSi+. The Bertz CT molecular complexity index is 2290. The van der Waals surface area contributed by atoms with Crippen molar-refractivity contribution in [3.8, 4) is 11.3 Å². The van der Waals surface area contributed by atoms with Crippen LogP contribution >= 0.6 is 0 Å². The van der Waals surface area contributed by atoms with Crippen LogP contribution in [0, 0.1) is 6.92 Å². The highest BCUT2D eigenvalue weighted by Gasteiger charge is 2.42. The van der Waals surface area contributed by atoms with E-state index in [1.165, 1.54) is 38.7 Å². The lowest BCUT2D eigenvalue weighted by Crippen LogP contribution is -2.54. The van der Waals surface area contributed by atoms with E-state index in [1.807, 2.05) is 19.1 Å². The maximum atomic E-state index is 6.51. The second kappa shape index (κ2) is 11.7. The van der Waals surface area contributed by atoms with Crippen LogP contribution in [0.3, 0.4) is 0 Å². The molecule has 0 fully saturated rings. The van der Waals surface area contributed by atoms with Crippen LogP contribution in [-0.2, 0) is 12.8 Å². The number of aliphatic imine (C=N–C) groups is 1. The third-order valence-electron chi connectivity index (χ3n) is 10.3. The molecule has 4 nitrogen and oxygen atoms in total. The fourth-order valence-corrected chi connectivity index (χ4v) is 9.75. The van der Waals surface area contributed by atoms with Gasteiger partial charge in [0.2, 0.25) is 11.4 Å². The minimum atomic E-state index is -1.70. The molecule has 0 saturated heterocycles. The molecule has 2 aliphatic rings. The summed E-state index contributed by atoms with van der Waals surface area (Å²) >= 11 is 0. The van der Waals surface area contributed by atoms with Gasteiger partial charge in [-0.3, -0.25) is 4.99 Å². The first kappa shape index (κ1) is 30.5. The van der Waals surface area contributed by atoms with E-state index in [9.17, 15) is 0 Å². The smallest absolute Gasteiger partial charge is 0.227 e. The molecule has 0 N–H and O–H groups in total. The van der Waals surface area contributed by atoms with Crippen molar-refractivity contribution in [2.75, 3.05) is 0 Å². The van der Waals surface area contributed by atoms with Crippen LogP contribution in [0.15, 0.2) is 125 Å². The fourth-order valence-electron chi connectivity index (χ4n) is 8.10. The summed E-state index contributed by atoms with van der Waals surface area (Å²) in [5, 5.41) is 3.61. The van der Waals surface area contributed by atoms with Gasteiger partial charge in [0.15, 0.2) is 12.2 Å². The molecule has 48 heavy (non-hydrogen) atoms. The average Bonchev–Trinajstić information content (AvgIpc) is 3.44. The maximum absolute atomic E-state index is 6.51. The van der Waals surface area contributed by atoms with Crippen LogP contribution < -0.4 is 9.75 Å². The van der Waals surface area contributed by atoms with Gasteiger partial charge in [-0.05, 0) is 72.7 Å². The molecule has 0 spiro atoms. The number of benzene rings is 3. The van der Waals surface area contributed by atoms with Crippen LogP contribution in [0.25, 0.3) is 33.3 Å². The van der Waals surface area contributed by atoms with Gasteiger partial charge in [-0.15, -0.1) is 0 Å². The van der Waals surface area contributed by atoms with Crippen molar-refractivity contribution in [1.29, 1.82) is 0 Å². The van der Waals surface area contributed by atoms with Crippen molar-refractivity contribution in [2.45, 2.75) is 64.2 Å². The van der Waals surface area contributed by atoms with E-state index in [1.54, 1.807) is 0 Å². The topological polar surface area (TPSA) is 42.3 Å². The average molecular weight is 645 g/mol. The van der Waals surface area contributed by atoms with Crippen molar-refractivity contribution < 1.29 is 8.98 Å². The van der Waals surface area contributed by atoms with Gasteiger partial charge in [0.1, 0.15) is 5.58 Å². The zero-order valence-corrected chi connectivity index (χ0v) is 29.4. The predicted molar refractivity (Wildman–Crippen MR) is 201 cm³/mol. The normalized spacial score (nSPS) is 17.7. The Morgan fingerprint density at radius 2 is 1.73 bits per heavy atom. The van der Waals surface area contributed by atoms with E-state index < -0.39 is 8.07 Å². The second-order valence-electron chi connectivity index (χ2n) is 14.6. The summed E-state index contributed by atoms with van der Waals surface area (Å²) in [6, 6.07) is 31.3. The number of hydrogen-bond donors (Lipinski definition) is 0. The van der Waals surface area contributed by atoms with E-state index in [0.717, 1.165) is 64.7 Å². The maximum Gasteiger partial charge on any atom is 0.227 e. The van der Waals surface area contributed by atoms with Gasteiger partial charge in [-0.1, -0.05) is 93.5 Å². The Labute approximate surface area is 284 Å². The Hall–Kier alpha value is -4.87. The molecule has 238 valence electrons. The lowest BCUT2D eigenvalue weighted by atomic mass is 9.77. The monoisotopic (exact) mass is 644 g/mol. The number of furan rings is 1. The highest BCUT2D eigenvalue weighted by Crippen LogP contribution is 2.44. The number of hydrogen-bond acceptors (Lipinski definition) is 3. The van der Waals surface area contributed by atoms with E-state index in [4.69, 9.17) is 14.4 Å². The van der Waals surface area contributed by atoms with Crippen LogP contribution in [-0.4, -0.2) is 18.8 Å². The van der Waals surface area contributed by atoms with Gasteiger partial charge >= 0.3 is 0 Å². The number of pyridine rings is 2. The molecule has 6 aromatic rings. The third kappa shape index (κ3) is 5.17. The van der Waals surface area contributed by atoms with E-state index in [0.29, 0.717) is 11.6 Å². The molecule has 0 saturated carbocycles. The zero-order chi connectivity index (χ0) is 33.2. The van der Waals surface area contributed by atoms with E-state index in [2.05, 4.69) is 122 Å². The summed E-state index contributed by atoms with van der Waals surface area (Å²) < 4.78 is 9.11. The van der Waals surface area contributed by atoms with Gasteiger partial charge in [0.05, 0.1) is 20.2 Å². The van der Waals surface area contributed by atoms with E-state index >= 15 is 0 Å². The Balaban J connectivity index is 1.30. The van der Waals surface area contributed by atoms with Crippen LogP contribution in [0.4, 0.5) is 0 Å². The molecule has 2 unspecified atom stereocenters. The number of nitrogens with zero attached hydrogens (tertiary/aromatic N) is 3. The summed E-state index contributed by atoms with van der Waals surface area (Å²) in [5.41, 5.74) is 13.2. The number of rotatable bonds is 4. The molecule has 8 rings (SSSR count). The SMILES string of the molecule is C=CC1=NC(=C)CC2C(CCc3ccc4c(oc5nc(C)ccc54)c31)c1ccccc1-c1cc(Cc3ccccc3)c([Si](C)(C)C)c[n+]12. The predicted octanol–water partition coefficient (Wildman–Crippen LogP) is 9.54. The van der Waals surface area contributed by atoms with Gasteiger partial charge in [-0.2, -0.15) is 4.57 Å². The summed E-state index contributed by atoms with van der Waals surface area (Å²) in [4.78, 5) is 9.93. The molecule has 3 aromatic heterocycles. The minimum absolute atomic E-state index is 0.196. The molecule has 0 bridgehead atoms. The number of aryl methyl sites for hydroxylation is 2. The lowest BCUT2D eigenvalue weighted by Gasteiger charge is -2.33. The molecule has 2 atom stereocenters. The van der Waals surface area contributed by atoms with Crippen molar-refractivity contribution in [2.24, 2.45) is 4.99 Å². The first-order valence-electron chi connectivity index (χ1n) is 17.1. The number of fused-ring (bicyclic) bond motifs is 11. The second-order valence-corrected chi connectivity index (χ2v) is 19.6. The molecule has 2 aliphatic heterocycles. The Morgan fingerprint density at radius 1 is 0.958 bits per heavy atom. The standard InChI is InChI=1S/C43H42N3OSi/c1-7-37-41-30(19-22-35-36-20-17-27(2)45-43(36)47-42(35)41)18-21-34-32-15-11-12-16-33(32)39-25-31(24-29-13-9-8-10-14-29)40(48(4,5)6)26-46(39)38(34)23-28(3)44-37/h7-17,19-20,22,25-26,34,38H,1,3,18,21,23-24H2,2,4-6H3/q+1. The first-order chi connectivity index (χ1) is 23.2. The van der Waals surface area contributed by atoms with Gasteiger partial charge in [-0.25, -0.2) is 4.98 Å². The largest absolute Gasteiger partial charge is 0.437 e. The first-order valence-corrected chi connectivity index (χ1v) is 20.6.